The summed E-state index contributed by atoms with van der Waals surface area (Å²) in [6.07, 6.45) is 3.99. The number of nitriles is 1. The van der Waals surface area contributed by atoms with Crippen molar-refractivity contribution in [3.8, 4) is 11.8 Å². The Morgan fingerprint density at radius 3 is 2.94 bits per heavy atom. The summed E-state index contributed by atoms with van der Waals surface area (Å²) in [5.74, 6) is 1.67. The molecule has 1 aromatic carbocycles. The van der Waals surface area contributed by atoms with Gasteiger partial charge in [0.25, 0.3) is 0 Å². The molecular weight excluding hydrogens is 200 g/mol. The fraction of sp³-hybridized carbons (Fsp3) is 0.462. The second-order valence-corrected chi connectivity index (χ2v) is 4.19. The molecule has 0 atom stereocenters. The highest BCUT2D eigenvalue weighted by molar-refractivity contribution is 5.59. The molecule has 3 heteroatoms. The fourth-order valence-electron chi connectivity index (χ4n) is 1.72. The number of rotatable bonds is 5. The van der Waals surface area contributed by atoms with Gasteiger partial charge in [-0.25, -0.2) is 0 Å². The van der Waals surface area contributed by atoms with Gasteiger partial charge in [0.1, 0.15) is 5.75 Å². The maximum atomic E-state index is 8.78. The normalized spacial score (nSPS) is 14.2. The molecule has 0 amide bonds. The molecular formula is C13H16N2O. The summed E-state index contributed by atoms with van der Waals surface area (Å²) in [5.41, 5.74) is 1.60. The van der Waals surface area contributed by atoms with Crippen LogP contribution in [-0.4, -0.2) is 13.7 Å². The van der Waals surface area contributed by atoms with E-state index in [-0.39, 0.29) is 0 Å². The first-order valence-electron chi connectivity index (χ1n) is 5.65. The predicted molar refractivity (Wildman–Crippen MR) is 63.5 cm³/mol. The summed E-state index contributed by atoms with van der Waals surface area (Å²) in [5, 5.41) is 12.1. The lowest BCUT2D eigenvalue weighted by Gasteiger charge is -2.10. The van der Waals surface area contributed by atoms with Crippen molar-refractivity contribution in [2.45, 2.75) is 19.3 Å². The van der Waals surface area contributed by atoms with Gasteiger partial charge in [-0.3, -0.25) is 0 Å². The van der Waals surface area contributed by atoms with E-state index in [0.29, 0.717) is 5.56 Å². The second-order valence-electron chi connectivity index (χ2n) is 4.19. The smallest absolute Gasteiger partial charge is 0.143 e. The predicted octanol–water partition coefficient (Wildman–Crippen LogP) is 2.78. The number of nitrogens with one attached hydrogen (secondary N) is 1. The third-order valence-electron chi connectivity index (χ3n) is 2.90. The van der Waals surface area contributed by atoms with Crippen molar-refractivity contribution in [3.05, 3.63) is 23.8 Å². The standard InChI is InChI=1S/C13H16N2O/c1-16-13-8-11(9-14)4-5-12(13)15-7-6-10-2-3-10/h4-5,8,10,15H,2-3,6-7H2,1H3. The molecule has 1 fully saturated rings. The first kappa shape index (κ1) is 10.8. The van der Waals surface area contributed by atoms with Gasteiger partial charge in [-0.05, 0) is 24.5 Å². The van der Waals surface area contributed by atoms with Crippen LogP contribution in [0.25, 0.3) is 0 Å². The summed E-state index contributed by atoms with van der Waals surface area (Å²) >= 11 is 0. The Morgan fingerprint density at radius 1 is 1.50 bits per heavy atom. The third-order valence-corrected chi connectivity index (χ3v) is 2.90. The minimum Gasteiger partial charge on any atom is -0.495 e. The number of hydrogen-bond donors (Lipinski definition) is 1. The Morgan fingerprint density at radius 2 is 2.31 bits per heavy atom. The van der Waals surface area contributed by atoms with Crippen LogP contribution < -0.4 is 10.1 Å². The van der Waals surface area contributed by atoms with Crippen LogP contribution >= 0.6 is 0 Å². The van der Waals surface area contributed by atoms with Crippen molar-refractivity contribution in [1.29, 1.82) is 5.26 Å². The third kappa shape index (κ3) is 2.66. The molecule has 16 heavy (non-hydrogen) atoms. The maximum Gasteiger partial charge on any atom is 0.143 e. The zero-order chi connectivity index (χ0) is 11.4. The van der Waals surface area contributed by atoms with Gasteiger partial charge in [-0.1, -0.05) is 12.8 Å². The molecule has 1 aliphatic carbocycles. The van der Waals surface area contributed by atoms with Crippen LogP contribution in [0, 0.1) is 17.2 Å². The summed E-state index contributed by atoms with van der Waals surface area (Å²) in [4.78, 5) is 0. The zero-order valence-corrected chi connectivity index (χ0v) is 9.49. The van der Waals surface area contributed by atoms with E-state index >= 15 is 0 Å². The Bertz CT molecular complexity index is 405. The van der Waals surface area contributed by atoms with Crippen LogP contribution in [0.15, 0.2) is 18.2 Å². The van der Waals surface area contributed by atoms with Gasteiger partial charge >= 0.3 is 0 Å². The van der Waals surface area contributed by atoms with Crippen molar-refractivity contribution < 1.29 is 4.74 Å². The Labute approximate surface area is 96.0 Å². The summed E-state index contributed by atoms with van der Waals surface area (Å²) in [6.45, 7) is 0.979. The molecule has 84 valence electrons. The van der Waals surface area contributed by atoms with Gasteiger partial charge in [0, 0.05) is 12.6 Å². The van der Waals surface area contributed by atoms with Crippen molar-refractivity contribution in [2.24, 2.45) is 5.92 Å². The summed E-state index contributed by atoms with van der Waals surface area (Å²) in [6, 6.07) is 7.58. The van der Waals surface area contributed by atoms with Crippen LogP contribution in [0.4, 0.5) is 5.69 Å². The van der Waals surface area contributed by atoms with Gasteiger partial charge < -0.3 is 10.1 Å². The van der Waals surface area contributed by atoms with E-state index in [2.05, 4.69) is 11.4 Å². The van der Waals surface area contributed by atoms with Gasteiger partial charge in [0.05, 0.1) is 24.4 Å². The highest BCUT2D eigenvalue weighted by atomic mass is 16.5. The molecule has 0 radical (unpaired) electrons. The number of hydrogen-bond acceptors (Lipinski definition) is 3. The molecule has 0 aromatic heterocycles. The van der Waals surface area contributed by atoms with Gasteiger partial charge in [0.15, 0.2) is 0 Å². The molecule has 3 nitrogen and oxygen atoms in total. The Hall–Kier alpha value is -1.69. The minimum atomic E-state index is 0.629. The van der Waals surface area contributed by atoms with Crippen molar-refractivity contribution in [1.82, 2.24) is 0 Å². The number of benzene rings is 1. The van der Waals surface area contributed by atoms with E-state index in [1.165, 1.54) is 19.3 Å². The number of anilines is 1. The van der Waals surface area contributed by atoms with Gasteiger partial charge in [-0.15, -0.1) is 0 Å². The van der Waals surface area contributed by atoms with Crippen LogP contribution in [0.3, 0.4) is 0 Å². The highest BCUT2D eigenvalue weighted by Gasteiger charge is 2.20. The van der Waals surface area contributed by atoms with Crippen LogP contribution in [0.1, 0.15) is 24.8 Å². The first-order chi connectivity index (χ1) is 7.83. The zero-order valence-electron chi connectivity index (χ0n) is 9.49. The van der Waals surface area contributed by atoms with Crippen molar-refractivity contribution in [3.63, 3.8) is 0 Å². The lowest BCUT2D eigenvalue weighted by atomic mass is 10.2. The average molecular weight is 216 g/mol. The number of nitrogens with zero attached hydrogens (tertiary/aromatic N) is 1. The van der Waals surface area contributed by atoms with E-state index in [0.717, 1.165) is 23.9 Å². The minimum absolute atomic E-state index is 0.629. The molecule has 1 aromatic rings. The monoisotopic (exact) mass is 216 g/mol. The topological polar surface area (TPSA) is 45.0 Å². The van der Waals surface area contributed by atoms with E-state index < -0.39 is 0 Å². The van der Waals surface area contributed by atoms with E-state index in [4.69, 9.17) is 10.00 Å². The molecule has 1 N–H and O–H groups in total. The number of methoxy groups -OCH3 is 1. The Kier molecular flexibility index (Phi) is 3.31. The second kappa shape index (κ2) is 4.89. The summed E-state index contributed by atoms with van der Waals surface area (Å²) in [7, 11) is 1.63. The van der Waals surface area contributed by atoms with Gasteiger partial charge in [0.2, 0.25) is 0 Å². The SMILES string of the molecule is COc1cc(C#N)ccc1NCCC1CC1. The van der Waals surface area contributed by atoms with Crippen molar-refractivity contribution >= 4 is 5.69 Å². The Balaban J connectivity index is 1.98. The summed E-state index contributed by atoms with van der Waals surface area (Å²) < 4.78 is 5.25. The van der Waals surface area contributed by atoms with Crippen LogP contribution in [-0.2, 0) is 0 Å². The molecule has 0 aliphatic heterocycles. The molecule has 0 bridgehead atoms. The van der Waals surface area contributed by atoms with Crippen molar-refractivity contribution in [2.75, 3.05) is 19.0 Å². The average Bonchev–Trinajstić information content (AvgIpc) is 3.13. The lowest BCUT2D eigenvalue weighted by molar-refractivity contribution is 0.416. The molecule has 0 spiro atoms. The van der Waals surface area contributed by atoms with E-state index in [1.807, 2.05) is 12.1 Å². The maximum absolute atomic E-state index is 8.78. The van der Waals surface area contributed by atoms with E-state index in [9.17, 15) is 0 Å². The van der Waals surface area contributed by atoms with Crippen LogP contribution in [0.2, 0.25) is 0 Å². The van der Waals surface area contributed by atoms with Gasteiger partial charge in [-0.2, -0.15) is 5.26 Å². The molecule has 2 rings (SSSR count). The first-order valence-corrected chi connectivity index (χ1v) is 5.65. The molecule has 1 aliphatic rings. The molecule has 0 unspecified atom stereocenters. The quantitative estimate of drug-likeness (QED) is 0.823. The van der Waals surface area contributed by atoms with Crippen LogP contribution in [0.5, 0.6) is 5.75 Å². The molecule has 1 saturated carbocycles. The molecule has 0 heterocycles. The lowest BCUT2D eigenvalue weighted by Crippen LogP contribution is -2.04. The highest BCUT2D eigenvalue weighted by Crippen LogP contribution is 2.32. The largest absolute Gasteiger partial charge is 0.495 e. The number of ether oxygens (including phenoxy) is 1. The fourth-order valence-corrected chi connectivity index (χ4v) is 1.72. The molecule has 0 saturated heterocycles. The van der Waals surface area contributed by atoms with E-state index in [1.54, 1.807) is 13.2 Å².